The van der Waals surface area contributed by atoms with Gasteiger partial charge in [-0.15, -0.1) is 0 Å². The van der Waals surface area contributed by atoms with Crippen LogP contribution in [0.1, 0.15) is 10.4 Å². The highest BCUT2D eigenvalue weighted by atomic mass is 35.5. The summed E-state index contributed by atoms with van der Waals surface area (Å²) in [5.41, 5.74) is 4.05. The SMILES string of the molecule is O=C(O)c1cc(Cl)ccc1-c1ccnc(-c2ccccn2)c1-c1ccccn1. The van der Waals surface area contributed by atoms with E-state index in [1.807, 2.05) is 36.4 Å². The van der Waals surface area contributed by atoms with Crippen LogP contribution in [0, 0.1) is 0 Å². The minimum absolute atomic E-state index is 0.114. The number of aromatic carboxylic acids is 1. The highest BCUT2D eigenvalue weighted by Crippen LogP contribution is 2.39. The van der Waals surface area contributed by atoms with Crippen molar-refractivity contribution in [3.8, 4) is 33.8 Å². The summed E-state index contributed by atoms with van der Waals surface area (Å²) in [7, 11) is 0. The smallest absolute Gasteiger partial charge is 0.336 e. The van der Waals surface area contributed by atoms with E-state index in [0.717, 1.165) is 0 Å². The number of hydrogen-bond acceptors (Lipinski definition) is 4. The van der Waals surface area contributed by atoms with Gasteiger partial charge >= 0.3 is 5.97 Å². The Labute approximate surface area is 166 Å². The lowest BCUT2D eigenvalue weighted by Crippen LogP contribution is -2.02. The van der Waals surface area contributed by atoms with Gasteiger partial charge in [0.05, 0.1) is 22.6 Å². The first-order valence-electron chi connectivity index (χ1n) is 8.50. The van der Waals surface area contributed by atoms with Gasteiger partial charge in [-0.2, -0.15) is 0 Å². The maximum absolute atomic E-state index is 11.8. The van der Waals surface area contributed by atoms with Crippen LogP contribution < -0.4 is 0 Å². The van der Waals surface area contributed by atoms with E-state index >= 15 is 0 Å². The predicted molar refractivity (Wildman–Crippen MR) is 108 cm³/mol. The van der Waals surface area contributed by atoms with Crippen molar-refractivity contribution in [2.45, 2.75) is 0 Å². The van der Waals surface area contributed by atoms with E-state index in [1.165, 1.54) is 6.07 Å². The summed E-state index contributed by atoms with van der Waals surface area (Å²) in [4.78, 5) is 25.3. The molecule has 0 aliphatic carbocycles. The number of carboxylic acids is 1. The molecule has 0 aliphatic heterocycles. The van der Waals surface area contributed by atoms with Gasteiger partial charge in [0.2, 0.25) is 0 Å². The molecule has 0 bridgehead atoms. The minimum Gasteiger partial charge on any atom is -0.478 e. The quantitative estimate of drug-likeness (QED) is 0.519. The van der Waals surface area contributed by atoms with Crippen LogP contribution in [0.4, 0.5) is 0 Å². The summed E-state index contributed by atoms with van der Waals surface area (Å²) in [6, 6.07) is 17.7. The predicted octanol–water partition coefficient (Wildman–Crippen LogP) is 5.22. The molecule has 0 saturated carbocycles. The Morgan fingerprint density at radius 1 is 0.786 bits per heavy atom. The second kappa shape index (κ2) is 7.58. The zero-order chi connectivity index (χ0) is 19.5. The molecule has 5 nitrogen and oxygen atoms in total. The number of hydrogen-bond donors (Lipinski definition) is 1. The number of rotatable bonds is 4. The number of halogens is 1. The Hall–Kier alpha value is -3.57. The monoisotopic (exact) mass is 387 g/mol. The van der Waals surface area contributed by atoms with Gasteiger partial charge in [-0.3, -0.25) is 15.0 Å². The molecule has 4 aromatic rings. The summed E-state index contributed by atoms with van der Waals surface area (Å²) in [6.45, 7) is 0. The van der Waals surface area contributed by atoms with Crippen LogP contribution in [0.2, 0.25) is 5.02 Å². The molecule has 1 aromatic carbocycles. The van der Waals surface area contributed by atoms with Crippen LogP contribution in [0.15, 0.2) is 79.3 Å². The maximum Gasteiger partial charge on any atom is 0.336 e. The molecule has 0 atom stereocenters. The molecule has 0 spiro atoms. The van der Waals surface area contributed by atoms with Crippen molar-refractivity contribution in [2.75, 3.05) is 0 Å². The molecule has 28 heavy (non-hydrogen) atoms. The van der Waals surface area contributed by atoms with Crippen molar-refractivity contribution in [3.63, 3.8) is 0 Å². The molecule has 1 N–H and O–H groups in total. The zero-order valence-electron chi connectivity index (χ0n) is 14.6. The van der Waals surface area contributed by atoms with Crippen molar-refractivity contribution in [1.82, 2.24) is 15.0 Å². The number of benzene rings is 1. The van der Waals surface area contributed by atoms with Gasteiger partial charge in [-0.25, -0.2) is 4.79 Å². The van der Waals surface area contributed by atoms with Crippen molar-refractivity contribution >= 4 is 17.6 Å². The first-order valence-corrected chi connectivity index (χ1v) is 8.88. The van der Waals surface area contributed by atoms with Gasteiger partial charge in [0.1, 0.15) is 0 Å². The van der Waals surface area contributed by atoms with Crippen LogP contribution >= 0.6 is 11.6 Å². The third-order valence-corrected chi connectivity index (χ3v) is 4.52. The fourth-order valence-electron chi connectivity index (χ4n) is 3.08. The Balaban J connectivity index is 2.06. The van der Waals surface area contributed by atoms with E-state index < -0.39 is 5.97 Å². The van der Waals surface area contributed by atoms with Crippen LogP contribution in [-0.2, 0) is 0 Å². The minimum atomic E-state index is -1.05. The summed E-state index contributed by atoms with van der Waals surface area (Å²) in [6.07, 6.45) is 5.02. The van der Waals surface area contributed by atoms with E-state index in [1.54, 1.807) is 36.8 Å². The summed E-state index contributed by atoms with van der Waals surface area (Å²) in [5, 5.41) is 10.1. The van der Waals surface area contributed by atoms with Crippen molar-refractivity contribution < 1.29 is 9.90 Å². The van der Waals surface area contributed by atoms with E-state index in [2.05, 4.69) is 15.0 Å². The molecule has 4 rings (SSSR count). The Morgan fingerprint density at radius 3 is 2.14 bits per heavy atom. The van der Waals surface area contributed by atoms with Gasteiger partial charge in [0.25, 0.3) is 0 Å². The number of pyridine rings is 3. The lowest BCUT2D eigenvalue weighted by atomic mass is 9.92. The van der Waals surface area contributed by atoms with E-state index in [9.17, 15) is 9.90 Å². The van der Waals surface area contributed by atoms with Crippen molar-refractivity contribution in [3.05, 3.63) is 89.8 Å². The molecular weight excluding hydrogens is 374 g/mol. The van der Waals surface area contributed by atoms with E-state index in [-0.39, 0.29) is 5.56 Å². The molecule has 0 fully saturated rings. The van der Waals surface area contributed by atoms with Gasteiger partial charge in [-0.05, 0) is 53.6 Å². The molecule has 0 amide bonds. The molecule has 0 unspecified atom stereocenters. The number of nitrogens with zero attached hydrogens (tertiary/aromatic N) is 3. The number of aromatic nitrogens is 3. The van der Waals surface area contributed by atoms with Crippen LogP contribution in [0.5, 0.6) is 0 Å². The average Bonchev–Trinajstić information content (AvgIpc) is 2.74. The zero-order valence-corrected chi connectivity index (χ0v) is 15.3. The third kappa shape index (κ3) is 3.35. The van der Waals surface area contributed by atoms with Crippen molar-refractivity contribution in [2.24, 2.45) is 0 Å². The second-order valence-electron chi connectivity index (χ2n) is 6.01. The molecule has 6 heteroatoms. The number of carboxylic acid groups (broad SMARTS) is 1. The van der Waals surface area contributed by atoms with Crippen LogP contribution in [0.25, 0.3) is 33.8 Å². The fraction of sp³-hybridized carbons (Fsp3) is 0. The lowest BCUT2D eigenvalue weighted by Gasteiger charge is -2.15. The molecule has 0 aliphatic rings. The summed E-state index contributed by atoms with van der Waals surface area (Å²) < 4.78 is 0. The average molecular weight is 388 g/mol. The first-order chi connectivity index (χ1) is 13.6. The fourth-order valence-corrected chi connectivity index (χ4v) is 3.25. The molecule has 0 radical (unpaired) electrons. The largest absolute Gasteiger partial charge is 0.478 e. The van der Waals surface area contributed by atoms with Gasteiger partial charge < -0.3 is 5.11 Å². The normalized spacial score (nSPS) is 10.6. The van der Waals surface area contributed by atoms with E-state index in [4.69, 9.17) is 11.6 Å². The molecule has 3 aromatic heterocycles. The van der Waals surface area contributed by atoms with Gasteiger partial charge in [0.15, 0.2) is 0 Å². The first kappa shape index (κ1) is 17.8. The van der Waals surface area contributed by atoms with Crippen LogP contribution in [-0.4, -0.2) is 26.0 Å². The molecule has 3 heterocycles. The standard InChI is InChI=1S/C22H14ClN3O2/c23-14-7-8-15(17(13-14)22(27)28)16-9-12-26-21(19-6-2-4-11-25-19)20(16)18-5-1-3-10-24-18/h1-13H,(H,27,28). The third-order valence-electron chi connectivity index (χ3n) is 4.28. The number of carbonyl (C=O) groups is 1. The van der Waals surface area contributed by atoms with Crippen LogP contribution in [0.3, 0.4) is 0 Å². The molecular formula is C22H14ClN3O2. The molecule has 0 saturated heterocycles. The summed E-state index contributed by atoms with van der Waals surface area (Å²) in [5.74, 6) is -1.05. The van der Waals surface area contributed by atoms with E-state index in [0.29, 0.717) is 38.8 Å². The van der Waals surface area contributed by atoms with Gasteiger partial charge in [0, 0.05) is 29.2 Å². The topological polar surface area (TPSA) is 76.0 Å². The highest BCUT2D eigenvalue weighted by Gasteiger charge is 2.20. The maximum atomic E-state index is 11.8. The highest BCUT2D eigenvalue weighted by molar-refractivity contribution is 6.31. The Kier molecular flexibility index (Phi) is 4.83. The Bertz CT molecular complexity index is 1150. The summed E-state index contributed by atoms with van der Waals surface area (Å²) >= 11 is 6.03. The molecule has 136 valence electrons. The van der Waals surface area contributed by atoms with Gasteiger partial charge in [-0.1, -0.05) is 29.8 Å². The second-order valence-corrected chi connectivity index (χ2v) is 6.44. The lowest BCUT2D eigenvalue weighted by molar-refractivity contribution is 0.0697. The Morgan fingerprint density at radius 2 is 1.50 bits per heavy atom. The van der Waals surface area contributed by atoms with Crippen molar-refractivity contribution in [1.29, 1.82) is 0 Å².